The standard InChI is InChI=1S/C22H29N5O4.C17H21N5O2.C2HF3O2.2ClH/c1-22(2,3)31-21(30)26-10-8-17(9-11-26)25(4)20(29)27-13-18(24-14-27)15-6-5-7-16(12-15)19(23)28;1-21(14-5-7-19-8-6-14)17(24)22-10-15(20-11-22)12-3-2-4-13(9-12)16(18)23;3-2(4,5)1(6)7;;/h5-7,12-14,17H,8-11H2,1-4H3,(H2,23,28);2-4,9-11,14,19H,5-8H2,1H3,(H2,18,23);(H,6,7);2*1H. The van der Waals surface area contributed by atoms with Gasteiger partial charge in [0, 0.05) is 73.9 Å². The van der Waals surface area contributed by atoms with E-state index < -0.39 is 29.6 Å². The quantitative estimate of drug-likeness (QED) is 0.182. The summed E-state index contributed by atoms with van der Waals surface area (Å²) in [4.78, 5) is 83.1. The Morgan fingerprint density at radius 3 is 1.48 bits per heavy atom. The molecule has 4 heterocycles. The van der Waals surface area contributed by atoms with Gasteiger partial charge in [-0.05, 0) is 83.8 Å². The number of rotatable bonds is 6. The fourth-order valence-electron chi connectivity index (χ4n) is 6.45. The van der Waals surface area contributed by atoms with Crippen LogP contribution in [0.5, 0.6) is 0 Å². The van der Waals surface area contributed by atoms with E-state index in [1.807, 2.05) is 33.9 Å². The summed E-state index contributed by atoms with van der Waals surface area (Å²) in [5.41, 5.74) is 13.6. The molecule has 350 valence electrons. The number of ether oxygens (including phenoxy) is 1. The molecule has 0 bridgehead atoms. The number of amides is 5. The number of piperidine rings is 2. The monoisotopic (exact) mass is 940 g/mol. The van der Waals surface area contributed by atoms with E-state index in [0.29, 0.717) is 54.0 Å². The van der Waals surface area contributed by atoms with Crippen molar-refractivity contribution in [2.75, 3.05) is 40.3 Å². The molecule has 5 amide bonds. The molecule has 0 saturated carbocycles. The molecule has 64 heavy (non-hydrogen) atoms. The van der Waals surface area contributed by atoms with Crippen LogP contribution in [0, 0.1) is 0 Å². The lowest BCUT2D eigenvalue weighted by molar-refractivity contribution is -0.192. The van der Waals surface area contributed by atoms with Gasteiger partial charge in [0.05, 0.1) is 11.4 Å². The highest BCUT2D eigenvalue weighted by molar-refractivity contribution is 5.94. The Labute approximate surface area is 379 Å². The minimum Gasteiger partial charge on any atom is -0.475 e. The molecule has 6 N–H and O–H groups in total. The maximum absolute atomic E-state index is 12.9. The van der Waals surface area contributed by atoms with Gasteiger partial charge in [-0.25, -0.2) is 29.1 Å². The van der Waals surface area contributed by atoms with Crippen LogP contribution in [0.3, 0.4) is 0 Å². The molecule has 0 spiro atoms. The third kappa shape index (κ3) is 15.3. The number of carboxylic acids is 1. The fraction of sp³-hybridized carbons (Fsp3) is 0.415. The zero-order chi connectivity index (χ0) is 45.9. The van der Waals surface area contributed by atoms with Gasteiger partial charge in [0.1, 0.15) is 18.3 Å². The van der Waals surface area contributed by atoms with E-state index in [1.165, 1.54) is 21.8 Å². The first-order valence-corrected chi connectivity index (χ1v) is 19.5. The summed E-state index contributed by atoms with van der Waals surface area (Å²) in [5, 5.41) is 10.4. The van der Waals surface area contributed by atoms with Gasteiger partial charge in [-0.2, -0.15) is 13.2 Å². The molecule has 6 rings (SSSR count). The number of aliphatic carboxylic acids is 1. The lowest BCUT2D eigenvalue weighted by Crippen LogP contribution is -2.49. The maximum Gasteiger partial charge on any atom is 0.490 e. The Morgan fingerprint density at radius 2 is 1.12 bits per heavy atom. The second-order valence-electron chi connectivity index (χ2n) is 15.5. The van der Waals surface area contributed by atoms with E-state index in [2.05, 4.69) is 15.3 Å². The number of primary amides is 2. The number of carboxylic acid groups (broad SMARTS) is 1. The number of aromatic nitrogens is 4. The number of nitrogens with zero attached hydrogens (tertiary/aromatic N) is 7. The first-order valence-electron chi connectivity index (χ1n) is 19.5. The first kappa shape index (κ1) is 53.9. The van der Waals surface area contributed by atoms with E-state index in [-0.39, 0.29) is 55.1 Å². The number of likely N-dealkylation sites (tertiary alicyclic amines) is 1. The van der Waals surface area contributed by atoms with Crippen molar-refractivity contribution >= 4 is 60.8 Å². The maximum atomic E-state index is 12.9. The van der Waals surface area contributed by atoms with Crippen LogP contribution in [0.25, 0.3) is 22.5 Å². The molecule has 2 fully saturated rings. The van der Waals surface area contributed by atoms with Crippen LogP contribution >= 0.6 is 24.8 Å². The summed E-state index contributed by atoms with van der Waals surface area (Å²) < 4.78 is 40.1. The number of halogens is 5. The normalized spacial score (nSPS) is 14.2. The summed E-state index contributed by atoms with van der Waals surface area (Å²) in [7, 11) is 3.58. The second kappa shape index (κ2) is 23.5. The van der Waals surface area contributed by atoms with Crippen molar-refractivity contribution in [2.45, 2.75) is 70.3 Å². The molecule has 2 aliphatic heterocycles. The second-order valence-corrected chi connectivity index (χ2v) is 15.5. The number of benzene rings is 2. The zero-order valence-corrected chi connectivity index (χ0v) is 37.4. The Kier molecular flexibility index (Phi) is 19.8. The molecule has 0 unspecified atom stereocenters. The molecule has 0 atom stereocenters. The van der Waals surface area contributed by atoms with E-state index in [9.17, 15) is 37.1 Å². The molecule has 4 aromatic rings. The van der Waals surface area contributed by atoms with Crippen LogP contribution in [0.1, 0.15) is 67.2 Å². The Hall–Kier alpha value is -6.19. The number of nitrogens with two attached hydrogens (primary N) is 2. The average Bonchev–Trinajstić information content (AvgIpc) is 3.94. The van der Waals surface area contributed by atoms with Crippen LogP contribution in [0.4, 0.5) is 27.6 Å². The molecule has 18 nitrogen and oxygen atoms in total. The number of carbonyl (C=O) groups excluding carboxylic acids is 5. The van der Waals surface area contributed by atoms with Crippen molar-refractivity contribution in [3.8, 4) is 22.5 Å². The third-order valence-electron chi connectivity index (χ3n) is 9.86. The molecule has 2 saturated heterocycles. The topological polar surface area (TPSA) is 241 Å². The van der Waals surface area contributed by atoms with Crippen molar-refractivity contribution in [3.05, 3.63) is 84.7 Å². The van der Waals surface area contributed by atoms with Crippen LogP contribution in [-0.2, 0) is 9.53 Å². The molecule has 2 aromatic heterocycles. The number of carbonyl (C=O) groups is 6. The van der Waals surface area contributed by atoms with Crippen LogP contribution in [0.2, 0.25) is 0 Å². The largest absolute Gasteiger partial charge is 0.490 e. The zero-order valence-electron chi connectivity index (χ0n) is 35.8. The van der Waals surface area contributed by atoms with Crippen molar-refractivity contribution in [2.24, 2.45) is 11.5 Å². The van der Waals surface area contributed by atoms with E-state index in [0.717, 1.165) is 31.5 Å². The summed E-state index contributed by atoms with van der Waals surface area (Å²) in [5.74, 6) is -3.76. The average molecular weight is 942 g/mol. The molecule has 2 aliphatic rings. The van der Waals surface area contributed by atoms with Crippen LogP contribution in [-0.4, -0.2) is 139 Å². The van der Waals surface area contributed by atoms with Gasteiger partial charge in [-0.1, -0.05) is 24.3 Å². The summed E-state index contributed by atoms with van der Waals surface area (Å²) in [6, 6.07) is 13.7. The highest BCUT2D eigenvalue weighted by Crippen LogP contribution is 2.23. The van der Waals surface area contributed by atoms with Crippen molar-refractivity contribution < 1.29 is 51.8 Å². The van der Waals surface area contributed by atoms with Gasteiger partial charge >= 0.3 is 30.3 Å². The smallest absolute Gasteiger partial charge is 0.475 e. The van der Waals surface area contributed by atoms with Crippen LogP contribution in [0.15, 0.2) is 73.6 Å². The molecule has 0 aliphatic carbocycles. The SMILES string of the molecule is CN(C(=O)n1cnc(-c2cccc(C(N)=O)c2)c1)C1CCN(C(=O)OC(C)(C)C)CC1.CN(C(=O)n1cnc(-c2cccc(C(N)=O)c2)c1)C1CCNCC1.Cl.Cl.O=C(O)C(F)(F)F. The number of hydrogen-bond acceptors (Lipinski definition) is 10. The van der Waals surface area contributed by atoms with Gasteiger partial charge < -0.3 is 41.3 Å². The van der Waals surface area contributed by atoms with Crippen molar-refractivity contribution in [1.82, 2.24) is 39.1 Å². The lowest BCUT2D eigenvalue weighted by Gasteiger charge is -2.37. The molecule has 23 heteroatoms. The molecule has 0 radical (unpaired) electrons. The molecular weight excluding hydrogens is 888 g/mol. The summed E-state index contributed by atoms with van der Waals surface area (Å²) in [6.45, 7) is 8.45. The van der Waals surface area contributed by atoms with Crippen LogP contribution < -0.4 is 16.8 Å². The predicted octanol–water partition coefficient (Wildman–Crippen LogP) is 5.73. The van der Waals surface area contributed by atoms with E-state index in [4.69, 9.17) is 26.1 Å². The van der Waals surface area contributed by atoms with E-state index in [1.54, 1.807) is 76.6 Å². The Balaban J connectivity index is 0.000000380. The number of hydrogen-bond donors (Lipinski definition) is 4. The number of alkyl halides is 3. The molecular formula is C41H53Cl2F3N10O8. The lowest BCUT2D eigenvalue weighted by atomic mass is 10.0. The minimum absolute atomic E-state index is 0. The Bertz CT molecular complexity index is 2230. The van der Waals surface area contributed by atoms with Crippen molar-refractivity contribution in [1.29, 1.82) is 0 Å². The van der Waals surface area contributed by atoms with Gasteiger partial charge in [0.25, 0.3) is 0 Å². The van der Waals surface area contributed by atoms with Gasteiger partial charge in [0.2, 0.25) is 11.8 Å². The highest BCUT2D eigenvalue weighted by Gasteiger charge is 2.38. The molecule has 2 aromatic carbocycles. The fourth-order valence-corrected chi connectivity index (χ4v) is 6.45. The summed E-state index contributed by atoms with van der Waals surface area (Å²) in [6.07, 6.45) is 4.11. The highest BCUT2D eigenvalue weighted by atomic mass is 35.5. The van der Waals surface area contributed by atoms with Gasteiger partial charge in [0.15, 0.2) is 0 Å². The van der Waals surface area contributed by atoms with Crippen molar-refractivity contribution in [3.63, 3.8) is 0 Å². The third-order valence-corrected chi connectivity index (χ3v) is 9.86. The van der Waals surface area contributed by atoms with E-state index >= 15 is 0 Å². The van der Waals surface area contributed by atoms with Gasteiger partial charge in [-0.3, -0.25) is 18.7 Å². The first-order chi connectivity index (χ1) is 29.0. The predicted molar refractivity (Wildman–Crippen MR) is 234 cm³/mol. The Morgan fingerprint density at radius 1 is 0.734 bits per heavy atom. The summed E-state index contributed by atoms with van der Waals surface area (Å²) >= 11 is 0. The number of nitrogens with one attached hydrogen (secondary N) is 1. The number of imidazole rings is 2. The van der Waals surface area contributed by atoms with Gasteiger partial charge in [-0.15, -0.1) is 24.8 Å². The minimum atomic E-state index is -5.08.